The summed E-state index contributed by atoms with van der Waals surface area (Å²) in [6.07, 6.45) is 5.50. The number of hydrogen-bond acceptors (Lipinski definition) is 2. The largest absolute Gasteiger partial charge is 0.320 e. The number of rotatable bonds is 5. The maximum Gasteiger partial charge on any atom is 0.00791 e. The van der Waals surface area contributed by atoms with E-state index in [0.717, 1.165) is 18.5 Å². The average molecular weight is 198 g/mol. The Morgan fingerprint density at radius 3 is 2.93 bits per heavy atom. The molecule has 2 atom stereocenters. The van der Waals surface area contributed by atoms with E-state index in [-0.39, 0.29) is 0 Å². The molecular formula is C12H26N2. The lowest BCUT2D eigenvalue weighted by atomic mass is 9.94. The summed E-state index contributed by atoms with van der Waals surface area (Å²) in [5.74, 6) is 0.959. The van der Waals surface area contributed by atoms with Crippen LogP contribution >= 0.6 is 0 Å². The van der Waals surface area contributed by atoms with Gasteiger partial charge < -0.3 is 10.2 Å². The normalized spacial score (nSPS) is 26.4. The first-order valence-corrected chi connectivity index (χ1v) is 6.16. The second-order valence-electron chi connectivity index (χ2n) is 4.65. The maximum atomic E-state index is 3.24. The maximum absolute atomic E-state index is 3.24. The molecule has 0 aliphatic carbocycles. The molecule has 1 N–H and O–H groups in total. The van der Waals surface area contributed by atoms with Crippen molar-refractivity contribution in [1.29, 1.82) is 0 Å². The van der Waals surface area contributed by atoms with Gasteiger partial charge in [-0.25, -0.2) is 0 Å². The van der Waals surface area contributed by atoms with Crippen LogP contribution in [0.15, 0.2) is 0 Å². The van der Waals surface area contributed by atoms with Crippen LogP contribution in [0.4, 0.5) is 0 Å². The lowest BCUT2D eigenvalue weighted by Gasteiger charge is -2.36. The SMILES string of the molecule is CCC1CCCN(C(C)CCNC)C1. The monoisotopic (exact) mass is 198 g/mol. The van der Waals surface area contributed by atoms with E-state index in [1.54, 1.807) is 0 Å². The molecule has 1 aliphatic rings. The quantitative estimate of drug-likeness (QED) is 0.728. The predicted molar refractivity (Wildman–Crippen MR) is 62.6 cm³/mol. The summed E-state index contributed by atoms with van der Waals surface area (Å²) in [4.78, 5) is 2.68. The summed E-state index contributed by atoms with van der Waals surface area (Å²) in [6, 6.07) is 0.761. The zero-order valence-electron chi connectivity index (χ0n) is 10.1. The number of likely N-dealkylation sites (tertiary alicyclic amines) is 1. The summed E-state index contributed by atoms with van der Waals surface area (Å²) in [5.41, 5.74) is 0. The van der Waals surface area contributed by atoms with Crippen molar-refractivity contribution in [3.8, 4) is 0 Å². The number of nitrogens with one attached hydrogen (secondary N) is 1. The lowest BCUT2D eigenvalue weighted by Crippen LogP contribution is -2.42. The highest BCUT2D eigenvalue weighted by atomic mass is 15.2. The summed E-state index contributed by atoms with van der Waals surface area (Å²) in [5, 5.41) is 3.24. The van der Waals surface area contributed by atoms with E-state index in [9.17, 15) is 0 Å². The Kier molecular flexibility index (Phi) is 5.49. The van der Waals surface area contributed by atoms with Gasteiger partial charge in [0.25, 0.3) is 0 Å². The highest BCUT2D eigenvalue weighted by molar-refractivity contribution is 4.76. The molecule has 84 valence electrons. The fraction of sp³-hybridized carbons (Fsp3) is 1.00. The smallest absolute Gasteiger partial charge is 0.00791 e. The fourth-order valence-electron chi connectivity index (χ4n) is 2.37. The third-order valence-electron chi connectivity index (χ3n) is 3.56. The average Bonchev–Trinajstić information content (AvgIpc) is 2.26. The first-order chi connectivity index (χ1) is 6.77. The van der Waals surface area contributed by atoms with Crippen LogP contribution in [0.2, 0.25) is 0 Å². The molecule has 0 radical (unpaired) electrons. The van der Waals surface area contributed by atoms with Crippen LogP contribution in [-0.2, 0) is 0 Å². The minimum atomic E-state index is 0.761. The number of hydrogen-bond donors (Lipinski definition) is 1. The van der Waals surface area contributed by atoms with Crippen molar-refractivity contribution in [2.45, 2.75) is 45.6 Å². The van der Waals surface area contributed by atoms with Crippen molar-refractivity contribution < 1.29 is 0 Å². The molecule has 2 unspecified atom stereocenters. The van der Waals surface area contributed by atoms with Gasteiger partial charge in [-0.2, -0.15) is 0 Å². The van der Waals surface area contributed by atoms with E-state index in [0.29, 0.717) is 0 Å². The topological polar surface area (TPSA) is 15.3 Å². The number of piperidine rings is 1. The molecule has 0 aromatic rings. The molecule has 0 amide bonds. The van der Waals surface area contributed by atoms with Crippen molar-refractivity contribution in [2.24, 2.45) is 5.92 Å². The van der Waals surface area contributed by atoms with E-state index in [1.807, 2.05) is 7.05 Å². The van der Waals surface area contributed by atoms with Gasteiger partial charge in [-0.1, -0.05) is 13.3 Å². The van der Waals surface area contributed by atoms with Crippen molar-refractivity contribution in [2.75, 3.05) is 26.7 Å². The molecular weight excluding hydrogens is 172 g/mol. The second kappa shape index (κ2) is 6.41. The molecule has 1 heterocycles. The molecule has 2 heteroatoms. The summed E-state index contributed by atoms with van der Waals surface area (Å²) in [7, 11) is 2.04. The lowest BCUT2D eigenvalue weighted by molar-refractivity contribution is 0.124. The van der Waals surface area contributed by atoms with Gasteiger partial charge in [-0.3, -0.25) is 0 Å². The molecule has 1 fully saturated rings. The van der Waals surface area contributed by atoms with Crippen molar-refractivity contribution in [1.82, 2.24) is 10.2 Å². The van der Waals surface area contributed by atoms with Gasteiger partial charge in [0.1, 0.15) is 0 Å². The standard InChI is InChI=1S/C12H26N2/c1-4-12-6-5-9-14(10-12)11(2)7-8-13-3/h11-13H,4-10H2,1-3H3. The van der Waals surface area contributed by atoms with E-state index in [2.05, 4.69) is 24.1 Å². The van der Waals surface area contributed by atoms with Gasteiger partial charge in [-0.05, 0) is 52.2 Å². The fourth-order valence-corrected chi connectivity index (χ4v) is 2.37. The summed E-state index contributed by atoms with van der Waals surface area (Å²) in [6.45, 7) is 8.50. The van der Waals surface area contributed by atoms with E-state index >= 15 is 0 Å². The zero-order chi connectivity index (χ0) is 10.4. The molecule has 0 saturated carbocycles. The van der Waals surface area contributed by atoms with Crippen molar-refractivity contribution >= 4 is 0 Å². The second-order valence-corrected chi connectivity index (χ2v) is 4.65. The minimum absolute atomic E-state index is 0.761. The van der Waals surface area contributed by atoms with E-state index in [1.165, 1.54) is 38.8 Å². The first kappa shape index (κ1) is 12.0. The highest BCUT2D eigenvalue weighted by Crippen LogP contribution is 2.21. The van der Waals surface area contributed by atoms with E-state index < -0.39 is 0 Å². The first-order valence-electron chi connectivity index (χ1n) is 6.16. The molecule has 1 rings (SSSR count). The van der Waals surface area contributed by atoms with E-state index in [4.69, 9.17) is 0 Å². The van der Waals surface area contributed by atoms with Gasteiger partial charge >= 0.3 is 0 Å². The molecule has 14 heavy (non-hydrogen) atoms. The van der Waals surface area contributed by atoms with Crippen LogP contribution in [0.1, 0.15) is 39.5 Å². The summed E-state index contributed by atoms with van der Waals surface area (Å²) >= 11 is 0. The summed E-state index contributed by atoms with van der Waals surface area (Å²) < 4.78 is 0. The van der Waals surface area contributed by atoms with Crippen molar-refractivity contribution in [3.63, 3.8) is 0 Å². The highest BCUT2D eigenvalue weighted by Gasteiger charge is 2.21. The Morgan fingerprint density at radius 1 is 1.50 bits per heavy atom. The van der Waals surface area contributed by atoms with Gasteiger partial charge in [0.15, 0.2) is 0 Å². The number of nitrogens with zero attached hydrogens (tertiary/aromatic N) is 1. The van der Waals surface area contributed by atoms with Crippen LogP contribution in [0.3, 0.4) is 0 Å². The third-order valence-corrected chi connectivity index (χ3v) is 3.56. The molecule has 0 aromatic carbocycles. The van der Waals surface area contributed by atoms with Gasteiger partial charge in [0.2, 0.25) is 0 Å². The Morgan fingerprint density at radius 2 is 2.29 bits per heavy atom. The zero-order valence-corrected chi connectivity index (χ0v) is 10.1. The van der Waals surface area contributed by atoms with Crippen LogP contribution in [0.25, 0.3) is 0 Å². The minimum Gasteiger partial charge on any atom is -0.320 e. The van der Waals surface area contributed by atoms with Gasteiger partial charge in [-0.15, -0.1) is 0 Å². The van der Waals surface area contributed by atoms with Crippen LogP contribution in [0.5, 0.6) is 0 Å². The van der Waals surface area contributed by atoms with Crippen molar-refractivity contribution in [3.05, 3.63) is 0 Å². The van der Waals surface area contributed by atoms with Crippen LogP contribution in [0, 0.1) is 5.92 Å². The van der Waals surface area contributed by atoms with Crippen LogP contribution < -0.4 is 5.32 Å². The molecule has 0 aromatic heterocycles. The molecule has 1 aliphatic heterocycles. The predicted octanol–water partition coefficient (Wildman–Crippen LogP) is 2.11. The molecule has 0 spiro atoms. The van der Waals surface area contributed by atoms with Gasteiger partial charge in [0.05, 0.1) is 0 Å². The molecule has 1 saturated heterocycles. The Bertz CT molecular complexity index is 147. The Labute approximate surface area is 89.1 Å². The Balaban J connectivity index is 2.27. The third kappa shape index (κ3) is 3.58. The molecule has 0 bridgehead atoms. The van der Waals surface area contributed by atoms with Gasteiger partial charge in [0, 0.05) is 12.6 Å². The van der Waals surface area contributed by atoms with Crippen LogP contribution in [-0.4, -0.2) is 37.6 Å². The molecule has 2 nitrogen and oxygen atoms in total. The Hall–Kier alpha value is -0.0800.